The first-order valence-corrected chi connectivity index (χ1v) is 8.11. The average Bonchev–Trinajstić information content (AvgIpc) is 2.25. The molecule has 0 radical (unpaired) electrons. The van der Waals surface area contributed by atoms with Crippen molar-refractivity contribution in [1.29, 1.82) is 0 Å². The molecule has 5 nitrogen and oxygen atoms in total. The van der Waals surface area contributed by atoms with E-state index in [1.165, 1.54) is 0 Å². The maximum absolute atomic E-state index is 10.8. The van der Waals surface area contributed by atoms with Crippen LogP contribution in [0.1, 0.15) is 19.8 Å². The molecule has 0 bridgehead atoms. The van der Waals surface area contributed by atoms with Crippen LogP contribution in [0.2, 0.25) is 0 Å². The first kappa shape index (κ1) is 15.4. The van der Waals surface area contributed by atoms with Gasteiger partial charge in [0.1, 0.15) is 5.75 Å². The van der Waals surface area contributed by atoms with Crippen LogP contribution in [0.25, 0.3) is 0 Å². The Morgan fingerprint density at radius 1 is 1.44 bits per heavy atom. The summed E-state index contributed by atoms with van der Waals surface area (Å²) in [4.78, 5) is 3.98. The molecule has 1 aromatic heterocycles. The van der Waals surface area contributed by atoms with Crippen LogP contribution in [0.3, 0.4) is 0 Å². The third kappa shape index (κ3) is 6.93. The van der Waals surface area contributed by atoms with Gasteiger partial charge in [0.2, 0.25) is 10.0 Å². The van der Waals surface area contributed by atoms with Gasteiger partial charge in [-0.1, -0.05) is 6.92 Å². The molecule has 1 atom stereocenters. The molecule has 1 heterocycles. The van der Waals surface area contributed by atoms with Crippen LogP contribution < -0.4 is 9.88 Å². The zero-order chi connectivity index (χ0) is 13.6. The molecule has 1 aromatic rings. The maximum atomic E-state index is 10.8. The predicted octanol–water partition coefficient (Wildman–Crippen LogP) is 1.93. The number of nitrogens with zero attached hydrogens (tertiary/aromatic N) is 1. The minimum Gasteiger partial charge on any atom is -0.492 e. The van der Waals surface area contributed by atoms with Crippen LogP contribution in [-0.4, -0.2) is 25.8 Å². The van der Waals surface area contributed by atoms with Crippen molar-refractivity contribution in [2.75, 3.05) is 12.4 Å². The molecule has 0 aliphatic heterocycles. The normalized spacial score (nSPS) is 13.3. The lowest BCUT2D eigenvalue weighted by atomic mass is 10.1. The van der Waals surface area contributed by atoms with Crippen LogP contribution in [-0.2, 0) is 10.0 Å². The summed E-state index contributed by atoms with van der Waals surface area (Å²) in [6.07, 6.45) is 4.66. The number of pyridine rings is 1. The molecule has 0 amide bonds. The Bertz CT molecular complexity index is 479. The number of hydrogen-bond acceptors (Lipinski definition) is 4. The Kier molecular flexibility index (Phi) is 6.04. The van der Waals surface area contributed by atoms with E-state index in [2.05, 4.69) is 20.9 Å². The molecule has 1 rings (SSSR count). The van der Waals surface area contributed by atoms with Crippen molar-refractivity contribution in [1.82, 2.24) is 4.98 Å². The molecular weight excluding hydrogens is 320 g/mol. The summed E-state index contributed by atoms with van der Waals surface area (Å²) in [7, 11) is -3.36. The Morgan fingerprint density at radius 2 is 2.17 bits per heavy atom. The van der Waals surface area contributed by atoms with Crippen molar-refractivity contribution in [2.24, 2.45) is 11.1 Å². The lowest BCUT2D eigenvalue weighted by Crippen LogP contribution is -2.18. The highest BCUT2D eigenvalue weighted by Gasteiger charge is 2.08. The highest BCUT2D eigenvalue weighted by Crippen LogP contribution is 2.17. The van der Waals surface area contributed by atoms with E-state index in [-0.39, 0.29) is 11.7 Å². The van der Waals surface area contributed by atoms with Crippen molar-refractivity contribution < 1.29 is 13.2 Å². The van der Waals surface area contributed by atoms with E-state index in [9.17, 15) is 8.42 Å². The largest absolute Gasteiger partial charge is 0.492 e. The predicted molar refractivity (Wildman–Crippen MR) is 73.8 cm³/mol. The number of nitrogens with two attached hydrogens (primary N) is 1. The fourth-order valence-electron chi connectivity index (χ4n) is 1.36. The maximum Gasteiger partial charge on any atom is 0.209 e. The van der Waals surface area contributed by atoms with Crippen molar-refractivity contribution in [2.45, 2.75) is 19.8 Å². The molecule has 18 heavy (non-hydrogen) atoms. The van der Waals surface area contributed by atoms with Crippen LogP contribution in [0.15, 0.2) is 22.9 Å². The number of rotatable bonds is 7. The number of primary sulfonamides is 1. The van der Waals surface area contributed by atoms with Gasteiger partial charge < -0.3 is 4.74 Å². The van der Waals surface area contributed by atoms with E-state index >= 15 is 0 Å². The zero-order valence-corrected chi connectivity index (χ0v) is 12.6. The number of aromatic nitrogens is 1. The van der Waals surface area contributed by atoms with E-state index in [1.807, 2.05) is 13.0 Å². The standard InChI is InChI=1S/C11H17BrN2O3S/c1-9(3-5-18(13,15)16)2-4-17-11-6-10(12)7-14-8-11/h6-9H,2-5H2,1H3,(H2,13,15,16). The molecule has 7 heteroatoms. The van der Waals surface area contributed by atoms with Gasteiger partial charge >= 0.3 is 0 Å². The van der Waals surface area contributed by atoms with Gasteiger partial charge in [-0.2, -0.15) is 0 Å². The Balaban J connectivity index is 2.25. The third-order valence-corrected chi connectivity index (χ3v) is 3.69. The quantitative estimate of drug-likeness (QED) is 0.824. The van der Waals surface area contributed by atoms with Crippen molar-refractivity contribution >= 4 is 26.0 Å². The smallest absolute Gasteiger partial charge is 0.209 e. The van der Waals surface area contributed by atoms with E-state index in [1.54, 1.807) is 12.4 Å². The van der Waals surface area contributed by atoms with Gasteiger partial charge in [-0.25, -0.2) is 13.6 Å². The van der Waals surface area contributed by atoms with Crippen LogP contribution in [0.4, 0.5) is 0 Å². The van der Waals surface area contributed by atoms with Crippen molar-refractivity contribution in [3.05, 3.63) is 22.9 Å². The highest BCUT2D eigenvalue weighted by molar-refractivity contribution is 9.10. The number of hydrogen-bond donors (Lipinski definition) is 1. The van der Waals surface area contributed by atoms with Crippen LogP contribution in [0.5, 0.6) is 5.75 Å². The van der Waals surface area contributed by atoms with Crippen LogP contribution in [0, 0.1) is 5.92 Å². The van der Waals surface area contributed by atoms with E-state index in [0.717, 1.165) is 10.9 Å². The molecule has 102 valence electrons. The van der Waals surface area contributed by atoms with Crippen LogP contribution >= 0.6 is 15.9 Å². The molecule has 0 saturated heterocycles. The second kappa shape index (κ2) is 7.06. The van der Waals surface area contributed by atoms with Crippen molar-refractivity contribution in [3.8, 4) is 5.75 Å². The second-order valence-corrected chi connectivity index (χ2v) is 6.89. The Labute approximate surface area is 116 Å². The summed E-state index contributed by atoms with van der Waals surface area (Å²) in [6.45, 7) is 2.51. The van der Waals surface area contributed by atoms with E-state index < -0.39 is 10.0 Å². The number of ether oxygens (including phenoxy) is 1. The first-order valence-electron chi connectivity index (χ1n) is 5.60. The Hall–Kier alpha value is -0.660. The molecular formula is C11H17BrN2O3S. The molecule has 0 aromatic carbocycles. The molecule has 1 unspecified atom stereocenters. The minimum atomic E-state index is -3.36. The molecule has 0 saturated carbocycles. The summed E-state index contributed by atoms with van der Waals surface area (Å²) in [5, 5.41) is 4.95. The first-order chi connectivity index (χ1) is 8.37. The molecule has 0 spiro atoms. The summed E-state index contributed by atoms with van der Waals surface area (Å²) in [5.74, 6) is 0.971. The van der Waals surface area contributed by atoms with Gasteiger partial charge in [-0.15, -0.1) is 0 Å². The average molecular weight is 337 g/mol. The van der Waals surface area contributed by atoms with E-state index in [0.29, 0.717) is 18.8 Å². The highest BCUT2D eigenvalue weighted by atomic mass is 79.9. The minimum absolute atomic E-state index is 0.0204. The second-order valence-electron chi connectivity index (χ2n) is 4.24. The van der Waals surface area contributed by atoms with Crippen molar-refractivity contribution in [3.63, 3.8) is 0 Å². The summed E-state index contributed by atoms with van der Waals surface area (Å²) < 4.78 is 28.0. The lowest BCUT2D eigenvalue weighted by Gasteiger charge is -2.11. The summed E-state index contributed by atoms with van der Waals surface area (Å²) >= 11 is 3.31. The van der Waals surface area contributed by atoms with Gasteiger partial charge in [-0.3, -0.25) is 4.98 Å². The van der Waals surface area contributed by atoms with Gasteiger partial charge in [0.15, 0.2) is 0 Å². The topological polar surface area (TPSA) is 82.3 Å². The fraction of sp³-hybridized carbons (Fsp3) is 0.545. The zero-order valence-electron chi connectivity index (χ0n) is 10.2. The van der Waals surface area contributed by atoms with Gasteiger partial charge in [0.05, 0.1) is 18.6 Å². The molecule has 0 aliphatic carbocycles. The lowest BCUT2D eigenvalue weighted by molar-refractivity contribution is 0.281. The van der Waals surface area contributed by atoms with Gasteiger partial charge in [0, 0.05) is 10.7 Å². The molecule has 2 N–H and O–H groups in total. The molecule has 0 aliphatic rings. The third-order valence-electron chi connectivity index (χ3n) is 2.45. The SMILES string of the molecule is CC(CCOc1cncc(Br)c1)CCS(N)(=O)=O. The summed E-state index contributed by atoms with van der Waals surface area (Å²) in [6, 6.07) is 1.84. The van der Waals surface area contributed by atoms with E-state index in [4.69, 9.17) is 9.88 Å². The van der Waals surface area contributed by atoms with Gasteiger partial charge in [-0.05, 0) is 40.8 Å². The number of sulfonamides is 1. The monoisotopic (exact) mass is 336 g/mol. The van der Waals surface area contributed by atoms with Gasteiger partial charge in [0.25, 0.3) is 0 Å². The Morgan fingerprint density at radius 3 is 2.78 bits per heavy atom. The fourth-order valence-corrected chi connectivity index (χ4v) is 2.43. The number of halogens is 1. The molecule has 0 fully saturated rings. The summed E-state index contributed by atoms with van der Waals surface area (Å²) in [5.41, 5.74) is 0.